The van der Waals surface area contributed by atoms with E-state index < -0.39 is 36.4 Å². The first-order chi connectivity index (χ1) is 25.9. The first kappa shape index (κ1) is 38.9. The Kier molecular flexibility index (Phi) is 12.3. The fourth-order valence-corrected chi connectivity index (χ4v) is 7.07. The van der Waals surface area contributed by atoms with Crippen LogP contribution in [0.1, 0.15) is 65.6 Å². The molecule has 10 nitrogen and oxygen atoms in total. The molecular formula is C41H44F3N3O7. The molecule has 0 saturated carbocycles. The zero-order valence-corrected chi connectivity index (χ0v) is 29.8. The van der Waals surface area contributed by atoms with Crippen molar-refractivity contribution in [2.45, 2.75) is 69.2 Å². The number of likely N-dealkylation sites (N-methyl/N-ethyl adjacent to an activating group) is 1. The van der Waals surface area contributed by atoms with Gasteiger partial charge in [0.2, 0.25) is 5.91 Å². The lowest BCUT2D eigenvalue weighted by molar-refractivity contribution is -0.252. The second kappa shape index (κ2) is 17.1. The van der Waals surface area contributed by atoms with Gasteiger partial charge in [0, 0.05) is 38.2 Å². The van der Waals surface area contributed by atoms with Gasteiger partial charge in [-0.05, 0) is 77.5 Å². The minimum absolute atomic E-state index is 0.0673. The Labute approximate surface area is 311 Å². The quantitative estimate of drug-likeness (QED) is 0.140. The molecule has 13 heteroatoms. The molecule has 2 aliphatic heterocycles. The van der Waals surface area contributed by atoms with Crippen LogP contribution in [0.4, 0.5) is 13.2 Å². The van der Waals surface area contributed by atoms with Crippen LogP contribution in [0.2, 0.25) is 0 Å². The van der Waals surface area contributed by atoms with Gasteiger partial charge < -0.3 is 39.9 Å². The van der Waals surface area contributed by atoms with E-state index in [1.54, 1.807) is 30.3 Å². The monoisotopic (exact) mass is 747 g/mol. The zero-order valence-electron chi connectivity index (χ0n) is 29.8. The third kappa shape index (κ3) is 9.65. The van der Waals surface area contributed by atoms with Gasteiger partial charge in [0.25, 0.3) is 0 Å². The number of aliphatic hydroxyl groups excluding tert-OH is 2. The lowest BCUT2D eigenvalue weighted by atomic mass is 9.98. The minimum Gasteiger partial charge on any atom is -0.508 e. The molecule has 54 heavy (non-hydrogen) atoms. The summed E-state index contributed by atoms with van der Waals surface area (Å²) >= 11 is 0. The van der Waals surface area contributed by atoms with Gasteiger partial charge in [-0.2, -0.15) is 13.2 Å². The summed E-state index contributed by atoms with van der Waals surface area (Å²) in [6.45, 7) is 0.667. The van der Waals surface area contributed by atoms with Gasteiger partial charge >= 0.3 is 12.1 Å². The summed E-state index contributed by atoms with van der Waals surface area (Å²) in [5.41, 5.74) is 5.51. The highest BCUT2D eigenvalue weighted by atomic mass is 19.4. The standard InChI is InChI=1S/C41H44F3N3O7/c1-46(24-36(50)31-9-4-11-33(49)20-31)23-34-21-37(28-15-13-26(25-48)14-16-28)54-39(53-34)32-10-3-8-30(19-32)29-7-2-6-27(18-29)22-45-38(51)35-12-5-17-47(35)40(52)41(42,43)44/h2-4,6-11,13-16,18-20,34-37,39,48-50H,5,12,17,21-25H2,1H3,(H,45,51)/t34-,35-,36+,37+,39+/m0/s1. The number of carbonyl (C=O) groups is 2. The van der Waals surface area contributed by atoms with Crippen LogP contribution in [0.5, 0.6) is 5.75 Å². The van der Waals surface area contributed by atoms with Gasteiger partial charge in [-0.3, -0.25) is 9.59 Å². The number of carbonyl (C=O) groups excluding carboxylic acids is 2. The Morgan fingerprint density at radius 3 is 2.37 bits per heavy atom. The number of nitrogens with one attached hydrogen (secondary N) is 1. The molecule has 0 radical (unpaired) electrons. The molecule has 4 N–H and O–H groups in total. The molecular weight excluding hydrogens is 703 g/mol. The van der Waals surface area contributed by atoms with E-state index in [1.807, 2.05) is 78.7 Å². The van der Waals surface area contributed by atoms with Crippen molar-refractivity contribution >= 4 is 11.8 Å². The highest BCUT2D eigenvalue weighted by Crippen LogP contribution is 2.39. The number of ether oxygens (including phenoxy) is 2. The van der Waals surface area contributed by atoms with Crippen LogP contribution < -0.4 is 5.32 Å². The molecule has 2 saturated heterocycles. The number of phenols is 1. The summed E-state index contributed by atoms with van der Waals surface area (Å²) in [5, 5.41) is 33.0. The normalized spacial score (nSPS) is 20.9. The summed E-state index contributed by atoms with van der Waals surface area (Å²) in [6.07, 6.45) is -6.20. The van der Waals surface area contributed by atoms with Crippen LogP contribution in [0.25, 0.3) is 11.1 Å². The predicted molar refractivity (Wildman–Crippen MR) is 194 cm³/mol. The highest BCUT2D eigenvalue weighted by Gasteiger charge is 2.47. The third-order valence-electron chi connectivity index (χ3n) is 9.81. The van der Waals surface area contributed by atoms with Crippen LogP contribution in [-0.2, 0) is 32.2 Å². The van der Waals surface area contributed by atoms with Crippen molar-refractivity contribution in [3.63, 3.8) is 0 Å². The van der Waals surface area contributed by atoms with Crippen molar-refractivity contribution < 1.29 is 47.6 Å². The number of aromatic hydroxyl groups is 1. The summed E-state index contributed by atoms with van der Waals surface area (Å²) in [4.78, 5) is 27.3. The summed E-state index contributed by atoms with van der Waals surface area (Å²) < 4.78 is 52.3. The number of alkyl halides is 3. The van der Waals surface area contributed by atoms with Gasteiger partial charge in [-0.1, -0.05) is 72.8 Å². The Morgan fingerprint density at radius 1 is 0.926 bits per heavy atom. The SMILES string of the molecule is CN(C[C@@H]1C[C@H](c2ccc(CO)cc2)O[C@H](c2cccc(-c3cccc(CNC(=O)[C@@H]4CCCN4C(=O)C(F)(F)F)c3)c2)O1)C[C@@H](O)c1cccc(O)c1. The van der Waals surface area contributed by atoms with E-state index in [-0.39, 0.29) is 44.1 Å². The number of benzene rings is 4. The maximum absolute atomic E-state index is 13.1. The number of nitrogens with zero attached hydrogens (tertiary/aromatic N) is 2. The molecule has 0 aliphatic carbocycles. The molecule has 0 aromatic heterocycles. The smallest absolute Gasteiger partial charge is 0.471 e. The lowest BCUT2D eigenvalue weighted by Crippen LogP contribution is -2.50. The Balaban J connectivity index is 1.16. The van der Waals surface area contributed by atoms with Gasteiger partial charge in [0.05, 0.1) is 24.9 Å². The molecule has 0 unspecified atom stereocenters. The maximum Gasteiger partial charge on any atom is 0.471 e. The Morgan fingerprint density at radius 2 is 1.65 bits per heavy atom. The summed E-state index contributed by atoms with van der Waals surface area (Å²) in [5.74, 6) is -2.54. The average Bonchev–Trinajstić information content (AvgIpc) is 3.66. The van der Waals surface area contributed by atoms with Crippen molar-refractivity contribution in [1.29, 1.82) is 0 Å². The van der Waals surface area contributed by atoms with Crippen molar-refractivity contribution in [3.05, 3.63) is 125 Å². The molecule has 4 aromatic carbocycles. The van der Waals surface area contributed by atoms with Crippen LogP contribution in [0.3, 0.4) is 0 Å². The van der Waals surface area contributed by atoms with Crippen molar-refractivity contribution in [3.8, 4) is 16.9 Å². The first-order valence-corrected chi connectivity index (χ1v) is 17.9. The van der Waals surface area contributed by atoms with Crippen molar-refractivity contribution in [2.75, 3.05) is 26.7 Å². The third-order valence-corrected chi connectivity index (χ3v) is 9.81. The van der Waals surface area contributed by atoms with Crippen LogP contribution in [-0.4, -0.2) is 81.9 Å². The van der Waals surface area contributed by atoms with Crippen molar-refractivity contribution in [2.24, 2.45) is 0 Å². The Hall–Kier alpha value is -4.79. The Bertz CT molecular complexity index is 1910. The predicted octanol–water partition coefficient (Wildman–Crippen LogP) is 5.93. The number of amides is 2. The van der Waals surface area contributed by atoms with Gasteiger partial charge in [0.1, 0.15) is 11.8 Å². The van der Waals surface area contributed by atoms with Gasteiger partial charge in [-0.15, -0.1) is 0 Å². The van der Waals surface area contributed by atoms with Crippen molar-refractivity contribution in [1.82, 2.24) is 15.1 Å². The summed E-state index contributed by atoms with van der Waals surface area (Å²) in [7, 11) is 1.90. The largest absolute Gasteiger partial charge is 0.508 e. The first-order valence-electron chi connectivity index (χ1n) is 17.9. The molecule has 0 bridgehead atoms. The highest BCUT2D eigenvalue weighted by molar-refractivity contribution is 5.90. The molecule has 0 spiro atoms. The minimum atomic E-state index is -5.04. The number of aliphatic hydroxyl groups is 2. The lowest BCUT2D eigenvalue weighted by Gasteiger charge is -2.38. The summed E-state index contributed by atoms with van der Waals surface area (Å²) in [6, 6.07) is 28.1. The van der Waals surface area contributed by atoms with E-state index >= 15 is 0 Å². The molecule has 2 amide bonds. The zero-order chi connectivity index (χ0) is 38.4. The number of hydrogen-bond donors (Lipinski definition) is 4. The second-order valence-corrected chi connectivity index (χ2v) is 13.9. The number of rotatable bonds is 12. The number of phenolic OH excluding ortho intramolecular Hbond substituents is 1. The number of hydrogen-bond acceptors (Lipinski definition) is 8. The van der Waals surface area contributed by atoms with Crippen LogP contribution in [0, 0.1) is 0 Å². The second-order valence-electron chi connectivity index (χ2n) is 13.9. The van der Waals surface area contributed by atoms with Gasteiger partial charge in [-0.25, -0.2) is 0 Å². The topological polar surface area (TPSA) is 132 Å². The van der Waals surface area contributed by atoms with Crippen LogP contribution in [0.15, 0.2) is 97.1 Å². The molecule has 5 atom stereocenters. The maximum atomic E-state index is 13.1. The van der Waals surface area contributed by atoms with E-state index in [4.69, 9.17) is 9.47 Å². The molecule has 6 rings (SSSR count). The van der Waals surface area contributed by atoms with E-state index in [0.717, 1.165) is 33.4 Å². The molecule has 4 aromatic rings. The number of halogens is 3. The fourth-order valence-electron chi connectivity index (χ4n) is 7.07. The number of likely N-dealkylation sites (tertiary alicyclic amines) is 1. The van der Waals surface area contributed by atoms with E-state index in [2.05, 4.69) is 5.32 Å². The van der Waals surface area contributed by atoms with E-state index in [9.17, 15) is 38.1 Å². The van der Waals surface area contributed by atoms with Gasteiger partial charge in [0.15, 0.2) is 6.29 Å². The molecule has 2 fully saturated rings. The van der Waals surface area contributed by atoms with E-state index in [1.165, 1.54) is 0 Å². The average molecular weight is 748 g/mol. The molecule has 286 valence electrons. The van der Waals surface area contributed by atoms with Crippen LogP contribution >= 0.6 is 0 Å². The fraction of sp³-hybridized carbons (Fsp3) is 0.366. The molecule has 2 heterocycles. The van der Waals surface area contributed by atoms with E-state index in [0.29, 0.717) is 36.4 Å². The molecule has 2 aliphatic rings.